The number of hydrogen-bond donors (Lipinski definition) is 0. The summed E-state index contributed by atoms with van der Waals surface area (Å²) >= 11 is 9.51. The summed E-state index contributed by atoms with van der Waals surface area (Å²) in [6, 6.07) is 11.9. The molecule has 20 heavy (non-hydrogen) atoms. The van der Waals surface area contributed by atoms with E-state index in [4.69, 9.17) is 21.1 Å². The number of benzene rings is 2. The molecule has 0 atom stereocenters. The van der Waals surface area contributed by atoms with Crippen LogP contribution in [0.2, 0.25) is 5.02 Å². The minimum Gasteiger partial charge on any atom is -0.493 e. The molecule has 2 aromatic carbocycles. The van der Waals surface area contributed by atoms with E-state index < -0.39 is 0 Å². The van der Waals surface area contributed by atoms with Crippen molar-refractivity contribution >= 4 is 27.5 Å². The van der Waals surface area contributed by atoms with Gasteiger partial charge in [-0.25, -0.2) is 0 Å². The van der Waals surface area contributed by atoms with Crippen molar-refractivity contribution in [1.29, 1.82) is 0 Å². The molecule has 0 radical (unpaired) electrons. The maximum absolute atomic E-state index is 6.06. The molecule has 0 fully saturated rings. The number of halogens is 2. The maximum Gasteiger partial charge on any atom is 0.165 e. The zero-order valence-electron chi connectivity index (χ0n) is 11.5. The van der Waals surface area contributed by atoms with Crippen molar-refractivity contribution in [2.75, 3.05) is 7.11 Å². The first kappa shape index (κ1) is 15.2. The third-order valence-electron chi connectivity index (χ3n) is 2.93. The van der Waals surface area contributed by atoms with Crippen molar-refractivity contribution in [2.45, 2.75) is 18.9 Å². The molecule has 2 aromatic rings. The molecule has 0 amide bonds. The molecule has 0 N–H and O–H groups in total. The molecular weight excluding hydrogens is 340 g/mol. The van der Waals surface area contributed by atoms with Crippen LogP contribution in [0, 0.1) is 6.92 Å². The lowest BCUT2D eigenvalue weighted by Gasteiger charge is -2.15. The number of alkyl halides is 1. The van der Waals surface area contributed by atoms with E-state index in [1.54, 1.807) is 13.2 Å². The van der Waals surface area contributed by atoms with Gasteiger partial charge < -0.3 is 9.47 Å². The van der Waals surface area contributed by atoms with Crippen molar-refractivity contribution in [3.63, 3.8) is 0 Å². The van der Waals surface area contributed by atoms with Gasteiger partial charge in [0.05, 0.1) is 7.11 Å². The van der Waals surface area contributed by atoms with Crippen LogP contribution in [-0.4, -0.2) is 7.11 Å². The molecule has 4 heteroatoms. The van der Waals surface area contributed by atoms with Gasteiger partial charge in [-0.2, -0.15) is 0 Å². The molecular formula is C16H16BrClO2. The second-order valence-electron chi connectivity index (χ2n) is 4.51. The number of rotatable bonds is 5. The largest absolute Gasteiger partial charge is 0.493 e. The first-order valence-corrected chi connectivity index (χ1v) is 7.74. The smallest absolute Gasteiger partial charge is 0.165 e. The summed E-state index contributed by atoms with van der Waals surface area (Å²) in [6.07, 6.45) is 0. The first-order valence-electron chi connectivity index (χ1n) is 6.24. The molecule has 0 aliphatic rings. The van der Waals surface area contributed by atoms with Crippen LogP contribution in [-0.2, 0) is 11.9 Å². The fraction of sp³-hybridized carbons (Fsp3) is 0.250. The molecule has 2 nitrogen and oxygen atoms in total. The Morgan fingerprint density at radius 3 is 2.65 bits per heavy atom. The van der Waals surface area contributed by atoms with Crippen molar-refractivity contribution in [3.8, 4) is 11.5 Å². The van der Waals surface area contributed by atoms with E-state index >= 15 is 0 Å². The van der Waals surface area contributed by atoms with Crippen molar-refractivity contribution < 1.29 is 9.47 Å². The van der Waals surface area contributed by atoms with Crippen LogP contribution in [0.3, 0.4) is 0 Å². The summed E-state index contributed by atoms with van der Waals surface area (Å²) in [5.41, 5.74) is 3.32. The first-order chi connectivity index (χ1) is 9.63. The summed E-state index contributed by atoms with van der Waals surface area (Å²) in [5, 5.41) is 1.30. The van der Waals surface area contributed by atoms with Gasteiger partial charge >= 0.3 is 0 Å². The zero-order chi connectivity index (χ0) is 14.5. The molecule has 0 bridgehead atoms. The quantitative estimate of drug-likeness (QED) is 0.692. The molecule has 0 spiro atoms. The Morgan fingerprint density at radius 2 is 2.00 bits per heavy atom. The summed E-state index contributed by atoms with van der Waals surface area (Å²) < 4.78 is 11.3. The summed E-state index contributed by atoms with van der Waals surface area (Å²) in [7, 11) is 1.61. The van der Waals surface area contributed by atoms with Crippen LogP contribution in [0.4, 0.5) is 0 Å². The predicted octanol–water partition coefficient (Wildman–Crippen LogP) is 5.13. The number of hydrogen-bond acceptors (Lipinski definition) is 2. The molecule has 106 valence electrons. The average molecular weight is 356 g/mol. The standard InChI is InChI=1S/C16H16BrClO2/c1-11-4-3-5-12(6-11)10-20-16-13(9-17)7-14(18)8-15(16)19-2/h3-8H,9-10H2,1-2H3. The van der Waals surface area contributed by atoms with Gasteiger partial charge in [0.25, 0.3) is 0 Å². The topological polar surface area (TPSA) is 18.5 Å². The molecule has 0 saturated heterocycles. The lowest BCUT2D eigenvalue weighted by Crippen LogP contribution is -2.00. The maximum atomic E-state index is 6.06. The second kappa shape index (κ2) is 7.00. The molecule has 2 rings (SSSR count). The van der Waals surface area contributed by atoms with Crippen LogP contribution in [0.25, 0.3) is 0 Å². The summed E-state index contributed by atoms with van der Waals surface area (Å²) in [6.45, 7) is 2.57. The van der Waals surface area contributed by atoms with Crippen molar-refractivity contribution in [3.05, 3.63) is 58.1 Å². The van der Waals surface area contributed by atoms with E-state index in [0.717, 1.165) is 16.9 Å². The van der Waals surface area contributed by atoms with Crippen LogP contribution in [0.1, 0.15) is 16.7 Å². The number of methoxy groups -OCH3 is 1. The second-order valence-corrected chi connectivity index (χ2v) is 5.50. The highest BCUT2D eigenvalue weighted by atomic mass is 79.9. The minimum absolute atomic E-state index is 0.500. The average Bonchev–Trinajstić information content (AvgIpc) is 2.45. The van der Waals surface area contributed by atoms with Gasteiger partial charge in [0.15, 0.2) is 11.5 Å². The summed E-state index contributed by atoms with van der Waals surface area (Å²) in [5.74, 6) is 1.38. The molecule has 0 aromatic heterocycles. The van der Waals surface area contributed by atoms with Gasteiger partial charge in [-0.05, 0) is 18.6 Å². The monoisotopic (exact) mass is 354 g/mol. The normalized spacial score (nSPS) is 10.4. The number of ether oxygens (including phenoxy) is 2. The van der Waals surface area contributed by atoms with Crippen LogP contribution in [0.15, 0.2) is 36.4 Å². The Bertz CT molecular complexity index is 574. The Labute approximate surface area is 132 Å². The minimum atomic E-state index is 0.500. The third kappa shape index (κ3) is 3.68. The van der Waals surface area contributed by atoms with Crippen molar-refractivity contribution in [2.24, 2.45) is 0 Å². The third-order valence-corrected chi connectivity index (χ3v) is 3.75. The van der Waals surface area contributed by atoms with E-state index in [9.17, 15) is 0 Å². The van der Waals surface area contributed by atoms with Gasteiger partial charge in [-0.15, -0.1) is 0 Å². The lowest BCUT2D eigenvalue weighted by molar-refractivity contribution is 0.282. The van der Waals surface area contributed by atoms with E-state index in [1.807, 2.05) is 18.2 Å². The van der Waals surface area contributed by atoms with Gasteiger partial charge in [0.1, 0.15) is 6.61 Å². The highest BCUT2D eigenvalue weighted by Crippen LogP contribution is 2.36. The Morgan fingerprint density at radius 1 is 1.20 bits per heavy atom. The van der Waals surface area contributed by atoms with E-state index in [2.05, 4.69) is 35.0 Å². The highest BCUT2D eigenvalue weighted by molar-refractivity contribution is 9.08. The van der Waals surface area contributed by atoms with Crippen LogP contribution < -0.4 is 9.47 Å². The van der Waals surface area contributed by atoms with Gasteiger partial charge in [0.2, 0.25) is 0 Å². The molecule has 0 saturated carbocycles. The van der Waals surface area contributed by atoms with Crippen LogP contribution in [0.5, 0.6) is 11.5 Å². The Kier molecular flexibility index (Phi) is 5.32. The SMILES string of the molecule is COc1cc(Cl)cc(CBr)c1OCc1cccc(C)c1. The van der Waals surface area contributed by atoms with Gasteiger partial charge in [-0.3, -0.25) is 0 Å². The zero-order valence-corrected chi connectivity index (χ0v) is 13.8. The Balaban J connectivity index is 2.24. The molecule has 0 unspecified atom stereocenters. The molecule has 0 aliphatic heterocycles. The van der Waals surface area contributed by atoms with Crippen LogP contribution >= 0.6 is 27.5 Å². The highest BCUT2D eigenvalue weighted by Gasteiger charge is 2.12. The van der Waals surface area contributed by atoms with E-state index in [0.29, 0.717) is 22.7 Å². The van der Waals surface area contributed by atoms with Gasteiger partial charge in [0, 0.05) is 22.0 Å². The van der Waals surface area contributed by atoms with E-state index in [-0.39, 0.29) is 0 Å². The fourth-order valence-corrected chi connectivity index (χ4v) is 2.64. The van der Waals surface area contributed by atoms with Crippen molar-refractivity contribution in [1.82, 2.24) is 0 Å². The summed E-state index contributed by atoms with van der Waals surface area (Å²) in [4.78, 5) is 0. The number of aryl methyl sites for hydroxylation is 1. The molecule has 0 aliphatic carbocycles. The van der Waals surface area contributed by atoms with Gasteiger partial charge in [-0.1, -0.05) is 57.4 Å². The lowest BCUT2D eigenvalue weighted by atomic mass is 10.1. The predicted molar refractivity (Wildman–Crippen MR) is 86.1 cm³/mol. The van der Waals surface area contributed by atoms with E-state index in [1.165, 1.54) is 5.56 Å². The fourth-order valence-electron chi connectivity index (χ4n) is 1.99. The Hall–Kier alpha value is -1.19. The molecule has 0 heterocycles.